The molecule has 1 aromatic carbocycles. The summed E-state index contributed by atoms with van der Waals surface area (Å²) >= 11 is 0. The van der Waals surface area contributed by atoms with Crippen molar-refractivity contribution in [1.82, 2.24) is 10.2 Å². The highest BCUT2D eigenvalue weighted by Gasteiger charge is 2.38. The van der Waals surface area contributed by atoms with Crippen LogP contribution in [0.5, 0.6) is 5.75 Å². The van der Waals surface area contributed by atoms with Crippen molar-refractivity contribution in [3.05, 3.63) is 29.8 Å². The molecule has 1 saturated carbocycles. The number of methoxy groups -OCH3 is 1. The maximum absolute atomic E-state index is 12.4. The van der Waals surface area contributed by atoms with Gasteiger partial charge in [-0.3, -0.25) is 9.69 Å². The molecule has 0 aromatic heterocycles. The van der Waals surface area contributed by atoms with Crippen LogP contribution in [0.25, 0.3) is 0 Å². The van der Waals surface area contributed by atoms with Gasteiger partial charge in [-0.25, -0.2) is 0 Å². The van der Waals surface area contributed by atoms with Crippen LogP contribution in [-0.2, 0) is 16.1 Å². The number of aliphatic hydroxyl groups is 1. The van der Waals surface area contributed by atoms with Gasteiger partial charge in [-0.2, -0.15) is 0 Å². The van der Waals surface area contributed by atoms with Crippen LogP contribution in [-0.4, -0.2) is 61.5 Å². The van der Waals surface area contributed by atoms with Crippen LogP contribution >= 0.6 is 0 Å². The van der Waals surface area contributed by atoms with Gasteiger partial charge in [0.1, 0.15) is 5.75 Å². The van der Waals surface area contributed by atoms with Crippen molar-refractivity contribution in [3.63, 3.8) is 0 Å². The molecule has 3 unspecified atom stereocenters. The Hall–Kier alpha value is -1.63. The zero-order valence-electron chi connectivity index (χ0n) is 14.8. The van der Waals surface area contributed by atoms with E-state index in [0.717, 1.165) is 37.1 Å². The molecule has 1 aliphatic carbocycles. The molecule has 3 atom stereocenters. The summed E-state index contributed by atoms with van der Waals surface area (Å²) in [5.41, 5.74) is 1.01. The monoisotopic (exact) mass is 348 g/mol. The standard InChI is InChI=1S/C19H28N2O4/c1-24-15-5-2-4-14(10-15)11-20-19(23)12-21-8-9-25-13-17(21)16-6-3-7-18(16)22/h2,4-5,10,16-18,22H,3,6-9,11-13H2,1H3,(H,20,23). The summed E-state index contributed by atoms with van der Waals surface area (Å²) in [5.74, 6) is 1.00. The van der Waals surface area contributed by atoms with Gasteiger partial charge in [0, 0.05) is 25.0 Å². The molecule has 2 N–H and O–H groups in total. The minimum absolute atomic E-state index is 0.00204. The van der Waals surface area contributed by atoms with Crippen molar-refractivity contribution in [2.45, 2.75) is 38.0 Å². The average Bonchev–Trinajstić information content (AvgIpc) is 3.06. The second kappa shape index (κ2) is 8.65. The van der Waals surface area contributed by atoms with Gasteiger partial charge in [0.25, 0.3) is 0 Å². The Bertz CT molecular complexity index is 580. The summed E-state index contributed by atoms with van der Waals surface area (Å²) < 4.78 is 10.8. The number of benzene rings is 1. The van der Waals surface area contributed by atoms with Crippen molar-refractivity contribution in [1.29, 1.82) is 0 Å². The molecule has 1 amide bonds. The molecule has 2 aliphatic rings. The minimum Gasteiger partial charge on any atom is -0.497 e. The number of hydrogen-bond donors (Lipinski definition) is 2. The van der Waals surface area contributed by atoms with Crippen LogP contribution in [0.3, 0.4) is 0 Å². The first-order chi connectivity index (χ1) is 12.2. The van der Waals surface area contributed by atoms with Crippen molar-refractivity contribution in [2.75, 3.05) is 33.4 Å². The Balaban J connectivity index is 1.53. The third kappa shape index (κ3) is 4.71. The highest BCUT2D eigenvalue weighted by atomic mass is 16.5. The van der Waals surface area contributed by atoms with Gasteiger partial charge in [0.15, 0.2) is 0 Å². The summed E-state index contributed by atoms with van der Waals surface area (Å²) in [6, 6.07) is 7.83. The number of nitrogens with one attached hydrogen (secondary N) is 1. The molecular weight excluding hydrogens is 320 g/mol. The lowest BCUT2D eigenvalue weighted by atomic mass is 9.94. The summed E-state index contributed by atoms with van der Waals surface area (Å²) in [5, 5.41) is 13.2. The van der Waals surface area contributed by atoms with E-state index >= 15 is 0 Å². The van der Waals surface area contributed by atoms with Gasteiger partial charge in [0.05, 0.1) is 33.0 Å². The second-order valence-corrected chi connectivity index (χ2v) is 6.90. The average molecular weight is 348 g/mol. The minimum atomic E-state index is -0.269. The zero-order chi connectivity index (χ0) is 17.6. The molecule has 1 heterocycles. The van der Waals surface area contributed by atoms with E-state index in [2.05, 4.69) is 10.2 Å². The van der Waals surface area contributed by atoms with E-state index in [9.17, 15) is 9.90 Å². The van der Waals surface area contributed by atoms with Crippen LogP contribution < -0.4 is 10.1 Å². The van der Waals surface area contributed by atoms with Gasteiger partial charge >= 0.3 is 0 Å². The summed E-state index contributed by atoms with van der Waals surface area (Å²) in [7, 11) is 1.63. The fourth-order valence-corrected chi connectivity index (χ4v) is 3.89. The fourth-order valence-electron chi connectivity index (χ4n) is 3.89. The molecule has 6 nitrogen and oxygen atoms in total. The van der Waals surface area contributed by atoms with E-state index in [1.165, 1.54) is 0 Å². The Labute approximate surface area is 149 Å². The third-order valence-electron chi connectivity index (χ3n) is 5.28. The number of amides is 1. The molecule has 6 heteroatoms. The first-order valence-corrected chi connectivity index (χ1v) is 9.07. The molecular formula is C19H28N2O4. The van der Waals surface area contributed by atoms with Crippen LogP contribution in [0.1, 0.15) is 24.8 Å². The van der Waals surface area contributed by atoms with E-state index in [0.29, 0.717) is 26.3 Å². The molecule has 1 saturated heterocycles. The van der Waals surface area contributed by atoms with Crippen molar-refractivity contribution < 1.29 is 19.4 Å². The van der Waals surface area contributed by atoms with Gasteiger partial charge < -0.3 is 19.9 Å². The molecule has 3 rings (SSSR count). The summed E-state index contributed by atoms with van der Waals surface area (Å²) in [6.07, 6.45) is 2.65. The molecule has 0 spiro atoms. The molecule has 2 fully saturated rings. The number of nitrogens with zero attached hydrogens (tertiary/aromatic N) is 1. The maximum atomic E-state index is 12.4. The number of aliphatic hydroxyl groups excluding tert-OH is 1. The largest absolute Gasteiger partial charge is 0.497 e. The molecule has 25 heavy (non-hydrogen) atoms. The second-order valence-electron chi connectivity index (χ2n) is 6.90. The SMILES string of the molecule is COc1cccc(CNC(=O)CN2CCOCC2C2CCCC2O)c1. The quantitative estimate of drug-likeness (QED) is 0.808. The van der Waals surface area contributed by atoms with Gasteiger partial charge in [-0.15, -0.1) is 0 Å². The van der Waals surface area contributed by atoms with Crippen LogP contribution in [0.15, 0.2) is 24.3 Å². The van der Waals surface area contributed by atoms with Crippen molar-refractivity contribution in [3.8, 4) is 5.75 Å². The molecule has 138 valence electrons. The molecule has 0 bridgehead atoms. The number of rotatable bonds is 6. The first-order valence-electron chi connectivity index (χ1n) is 9.07. The Morgan fingerprint density at radius 1 is 1.44 bits per heavy atom. The lowest BCUT2D eigenvalue weighted by Crippen LogP contribution is -2.53. The van der Waals surface area contributed by atoms with Gasteiger partial charge in [-0.1, -0.05) is 18.6 Å². The van der Waals surface area contributed by atoms with Crippen LogP contribution in [0.4, 0.5) is 0 Å². The van der Waals surface area contributed by atoms with Crippen molar-refractivity contribution in [2.24, 2.45) is 5.92 Å². The van der Waals surface area contributed by atoms with Crippen molar-refractivity contribution >= 4 is 5.91 Å². The van der Waals surface area contributed by atoms with E-state index in [-0.39, 0.29) is 24.0 Å². The molecule has 1 aromatic rings. The maximum Gasteiger partial charge on any atom is 0.234 e. The third-order valence-corrected chi connectivity index (χ3v) is 5.28. The normalized spacial score (nSPS) is 27.2. The summed E-state index contributed by atoms with van der Waals surface area (Å²) in [6.45, 7) is 2.81. The topological polar surface area (TPSA) is 71.0 Å². The zero-order valence-corrected chi connectivity index (χ0v) is 14.8. The number of hydrogen-bond acceptors (Lipinski definition) is 5. The van der Waals surface area contributed by atoms with Gasteiger partial charge in [0.2, 0.25) is 5.91 Å². The highest BCUT2D eigenvalue weighted by molar-refractivity contribution is 5.78. The highest BCUT2D eigenvalue weighted by Crippen LogP contribution is 2.32. The Morgan fingerprint density at radius 3 is 3.08 bits per heavy atom. The van der Waals surface area contributed by atoms with E-state index in [4.69, 9.17) is 9.47 Å². The Morgan fingerprint density at radius 2 is 2.32 bits per heavy atom. The first kappa shape index (κ1) is 18.2. The fraction of sp³-hybridized carbons (Fsp3) is 0.632. The lowest BCUT2D eigenvalue weighted by Gasteiger charge is -2.39. The van der Waals surface area contributed by atoms with Crippen LogP contribution in [0, 0.1) is 5.92 Å². The van der Waals surface area contributed by atoms with Gasteiger partial charge in [-0.05, 0) is 30.5 Å². The smallest absolute Gasteiger partial charge is 0.234 e. The van der Waals surface area contributed by atoms with Crippen LogP contribution in [0.2, 0.25) is 0 Å². The van der Waals surface area contributed by atoms with E-state index in [1.807, 2.05) is 24.3 Å². The number of carbonyl (C=O) groups excluding carboxylic acids is 1. The number of carbonyl (C=O) groups is 1. The lowest BCUT2D eigenvalue weighted by molar-refractivity contribution is -0.126. The van der Waals surface area contributed by atoms with E-state index < -0.39 is 0 Å². The Kier molecular flexibility index (Phi) is 6.29. The van der Waals surface area contributed by atoms with E-state index in [1.54, 1.807) is 7.11 Å². The number of ether oxygens (including phenoxy) is 2. The predicted octanol–water partition coefficient (Wildman–Crippen LogP) is 1.17. The predicted molar refractivity (Wildman–Crippen MR) is 94.4 cm³/mol. The number of morpholine rings is 1. The molecule has 1 aliphatic heterocycles. The summed E-state index contributed by atoms with van der Waals surface area (Å²) in [4.78, 5) is 14.6. The molecule has 0 radical (unpaired) electrons.